The quantitative estimate of drug-likeness (QED) is 0.653. The molecule has 0 fully saturated rings. The Morgan fingerprint density at radius 3 is 2.76 bits per heavy atom. The highest BCUT2D eigenvalue weighted by Gasteiger charge is 2.07. The SMILES string of the molecule is Cc1cc(OCC(O)CNC(C)C)nc(N)n1. The number of anilines is 1. The van der Waals surface area contributed by atoms with Crippen LogP contribution in [0.4, 0.5) is 5.95 Å². The molecule has 1 heterocycles. The highest BCUT2D eigenvalue weighted by atomic mass is 16.5. The number of nitrogens with one attached hydrogen (secondary N) is 1. The van der Waals surface area contributed by atoms with Crippen molar-refractivity contribution in [2.75, 3.05) is 18.9 Å². The first kappa shape index (κ1) is 13.7. The minimum atomic E-state index is -0.575. The van der Waals surface area contributed by atoms with Crippen LogP contribution in [-0.4, -0.2) is 40.4 Å². The lowest BCUT2D eigenvalue weighted by atomic mass is 10.3. The zero-order valence-electron chi connectivity index (χ0n) is 10.5. The molecule has 1 aromatic heterocycles. The summed E-state index contributed by atoms with van der Waals surface area (Å²) in [6.07, 6.45) is -0.575. The van der Waals surface area contributed by atoms with Crippen molar-refractivity contribution < 1.29 is 9.84 Å². The van der Waals surface area contributed by atoms with E-state index in [0.717, 1.165) is 5.69 Å². The van der Waals surface area contributed by atoms with Crippen LogP contribution >= 0.6 is 0 Å². The molecule has 0 spiro atoms. The Labute approximate surface area is 101 Å². The molecule has 0 radical (unpaired) electrons. The summed E-state index contributed by atoms with van der Waals surface area (Å²) in [5, 5.41) is 12.8. The number of nitrogen functional groups attached to an aromatic ring is 1. The van der Waals surface area contributed by atoms with Crippen molar-refractivity contribution in [2.45, 2.75) is 32.9 Å². The van der Waals surface area contributed by atoms with Gasteiger partial charge in [0.15, 0.2) is 0 Å². The highest BCUT2D eigenvalue weighted by Crippen LogP contribution is 2.09. The number of aromatic nitrogens is 2. The number of ether oxygens (including phenoxy) is 1. The summed E-state index contributed by atoms with van der Waals surface area (Å²) in [5.41, 5.74) is 6.23. The van der Waals surface area contributed by atoms with E-state index >= 15 is 0 Å². The summed E-state index contributed by atoms with van der Waals surface area (Å²) in [6, 6.07) is 2.01. The molecule has 4 N–H and O–H groups in total. The zero-order valence-corrected chi connectivity index (χ0v) is 10.5. The van der Waals surface area contributed by atoms with Gasteiger partial charge in [-0.2, -0.15) is 4.98 Å². The molecule has 0 aliphatic carbocycles. The number of aryl methyl sites for hydroxylation is 1. The molecule has 96 valence electrons. The van der Waals surface area contributed by atoms with E-state index in [1.807, 2.05) is 20.8 Å². The molecule has 0 saturated heterocycles. The van der Waals surface area contributed by atoms with E-state index in [0.29, 0.717) is 18.5 Å². The summed E-state index contributed by atoms with van der Waals surface area (Å²) >= 11 is 0. The average molecular weight is 240 g/mol. The van der Waals surface area contributed by atoms with Gasteiger partial charge in [0.05, 0.1) is 0 Å². The summed E-state index contributed by atoms with van der Waals surface area (Å²) < 4.78 is 5.34. The Hall–Kier alpha value is -1.40. The fraction of sp³-hybridized carbons (Fsp3) is 0.636. The molecular formula is C11H20N4O2. The van der Waals surface area contributed by atoms with Gasteiger partial charge in [-0.3, -0.25) is 0 Å². The number of hydrogen-bond donors (Lipinski definition) is 3. The molecule has 0 bridgehead atoms. The van der Waals surface area contributed by atoms with Crippen molar-refractivity contribution in [3.63, 3.8) is 0 Å². The molecule has 1 atom stereocenters. The van der Waals surface area contributed by atoms with E-state index < -0.39 is 6.10 Å². The molecule has 1 unspecified atom stereocenters. The van der Waals surface area contributed by atoms with Crippen LogP contribution in [0.15, 0.2) is 6.07 Å². The van der Waals surface area contributed by atoms with E-state index in [1.54, 1.807) is 6.07 Å². The molecule has 0 amide bonds. The van der Waals surface area contributed by atoms with Gasteiger partial charge in [-0.05, 0) is 6.92 Å². The average Bonchev–Trinajstić information content (AvgIpc) is 2.22. The minimum absolute atomic E-state index is 0.176. The van der Waals surface area contributed by atoms with Crippen LogP contribution in [0, 0.1) is 6.92 Å². The lowest BCUT2D eigenvalue weighted by molar-refractivity contribution is 0.102. The van der Waals surface area contributed by atoms with E-state index in [2.05, 4.69) is 15.3 Å². The van der Waals surface area contributed by atoms with Crippen molar-refractivity contribution >= 4 is 5.95 Å². The number of nitrogens with two attached hydrogens (primary N) is 1. The summed E-state index contributed by atoms with van der Waals surface area (Å²) in [5.74, 6) is 0.563. The maximum Gasteiger partial charge on any atom is 0.223 e. The van der Waals surface area contributed by atoms with Gasteiger partial charge in [-0.15, -0.1) is 0 Å². The second kappa shape index (κ2) is 6.36. The molecular weight excluding hydrogens is 220 g/mol. The Bertz CT molecular complexity index is 337. The first-order valence-corrected chi connectivity index (χ1v) is 5.62. The fourth-order valence-electron chi connectivity index (χ4n) is 1.25. The summed E-state index contributed by atoms with van der Waals surface area (Å²) in [7, 11) is 0. The molecule has 1 rings (SSSR count). The number of rotatable bonds is 6. The number of aliphatic hydroxyl groups is 1. The van der Waals surface area contributed by atoms with E-state index in [-0.39, 0.29) is 12.6 Å². The maximum absolute atomic E-state index is 9.64. The Kier molecular flexibility index (Phi) is 5.11. The Balaban J connectivity index is 2.39. The first-order valence-electron chi connectivity index (χ1n) is 5.62. The van der Waals surface area contributed by atoms with Gasteiger partial charge in [0.2, 0.25) is 11.8 Å². The van der Waals surface area contributed by atoms with E-state index in [1.165, 1.54) is 0 Å². The van der Waals surface area contributed by atoms with Crippen LogP contribution in [0.2, 0.25) is 0 Å². The molecule has 6 nitrogen and oxygen atoms in total. The van der Waals surface area contributed by atoms with Crippen molar-refractivity contribution in [1.82, 2.24) is 15.3 Å². The van der Waals surface area contributed by atoms with Gasteiger partial charge in [-0.1, -0.05) is 13.8 Å². The number of hydrogen-bond acceptors (Lipinski definition) is 6. The van der Waals surface area contributed by atoms with Crippen LogP contribution in [0.1, 0.15) is 19.5 Å². The molecule has 1 aromatic rings. The molecule has 0 saturated carbocycles. The van der Waals surface area contributed by atoms with Crippen LogP contribution in [-0.2, 0) is 0 Å². The lowest BCUT2D eigenvalue weighted by Gasteiger charge is -2.14. The second-order valence-electron chi connectivity index (χ2n) is 4.23. The van der Waals surface area contributed by atoms with E-state index in [9.17, 15) is 5.11 Å². The van der Waals surface area contributed by atoms with Gasteiger partial charge in [0, 0.05) is 24.3 Å². The lowest BCUT2D eigenvalue weighted by Crippen LogP contribution is -2.35. The van der Waals surface area contributed by atoms with Crippen molar-refractivity contribution in [3.05, 3.63) is 11.8 Å². The molecule has 0 aromatic carbocycles. The van der Waals surface area contributed by atoms with Crippen molar-refractivity contribution in [2.24, 2.45) is 0 Å². The monoisotopic (exact) mass is 240 g/mol. The van der Waals surface area contributed by atoms with Gasteiger partial charge in [0.25, 0.3) is 0 Å². The van der Waals surface area contributed by atoms with Crippen LogP contribution in [0.5, 0.6) is 5.88 Å². The largest absolute Gasteiger partial charge is 0.475 e. The van der Waals surface area contributed by atoms with Gasteiger partial charge in [0.1, 0.15) is 12.7 Å². The molecule has 0 aliphatic rings. The summed E-state index contributed by atoms with van der Waals surface area (Å²) in [6.45, 7) is 6.50. The molecule has 6 heteroatoms. The third kappa shape index (κ3) is 5.46. The molecule has 0 aliphatic heterocycles. The molecule has 17 heavy (non-hydrogen) atoms. The summed E-state index contributed by atoms with van der Waals surface area (Å²) in [4.78, 5) is 7.85. The van der Waals surface area contributed by atoms with Crippen LogP contribution in [0.3, 0.4) is 0 Å². The third-order valence-electron chi connectivity index (χ3n) is 2.03. The predicted molar refractivity (Wildman–Crippen MR) is 65.8 cm³/mol. The second-order valence-corrected chi connectivity index (χ2v) is 4.23. The first-order chi connectivity index (χ1) is 7.97. The van der Waals surface area contributed by atoms with E-state index in [4.69, 9.17) is 10.5 Å². The van der Waals surface area contributed by atoms with Crippen molar-refractivity contribution in [1.29, 1.82) is 0 Å². The zero-order chi connectivity index (χ0) is 12.8. The van der Waals surface area contributed by atoms with Crippen LogP contribution in [0.25, 0.3) is 0 Å². The topological polar surface area (TPSA) is 93.3 Å². The standard InChI is InChI=1S/C11H20N4O2/c1-7(2)13-5-9(16)6-17-10-4-8(3)14-11(12)15-10/h4,7,9,13,16H,5-6H2,1-3H3,(H2,12,14,15). The minimum Gasteiger partial charge on any atom is -0.475 e. The fourth-order valence-corrected chi connectivity index (χ4v) is 1.25. The van der Waals surface area contributed by atoms with Gasteiger partial charge < -0.3 is 20.9 Å². The highest BCUT2D eigenvalue weighted by molar-refractivity contribution is 5.25. The third-order valence-corrected chi connectivity index (χ3v) is 2.03. The van der Waals surface area contributed by atoms with Crippen molar-refractivity contribution in [3.8, 4) is 5.88 Å². The predicted octanol–water partition coefficient (Wildman–Crippen LogP) is 0.105. The Morgan fingerprint density at radius 2 is 2.18 bits per heavy atom. The normalized spacial score (nSPS) is 12.8. The smallest absolute Gasteiger partial charge is 0.223 e. The van der Waals surface area contributed by atoms with Gasteiger partial charge in [-0.25, -0.2) is 4.98 Å². The van der Waals surface area contributed by atoms with Crippen LogP contribution < -0.4 is 15.8 Å². The number of nitrogens with zero attached hydrogens (tertiary/aromatic N) is 2. The van der Waals surface area contributed by atoms with Gasteiger partial charge >= 0.3 is 0 Å². The Morgan fingerprint density at radius 1 is 1.47 bits per heavy atom. The maximum atomic E-state index is 9.64. The number of aliphatic hydroxyl groups excluding tert-OH is 1.